The fourth-order valence-electron chi connectivity index (χ4n) is 3.66. The highest BCUT2D eigenvalue weighted by Gasteiger charge is 2.32. The van der Waals surface area contributed by atoms with E-state index < -0.39 is 20.9 Å². The number of sulfone groups is 1. The van der Waals surface area contributed by atoms with Crippen LogP contribution < -0.4 is 0 Å². The quantitative estimate of drug-likeness (QED) is 0.289. The lowest BCUT2D eigenvalue weighted by atomic mass is 10.2. The van der Waals surface area contributed by atoms with Crippen molar-refractivity contribution in [1.29, 1.82) is 0 Å². The lowest BCUT2D eigenvalue weighted by molar-refractivity contribution is -0.117. The number of halogens is 2. The Kier molecular flexibility index (Phi) is 6.42. The van der Waals surface area contributed by atoms with Crippen LogP contribution in [0.4, 0.5) is 0 Å². The van der Waals surface area contributed by atoms with Crippen molar-refractivity contribution in [3.63, 3.8) is 0 Å². The van der Waals surface area contributed by atoms with Gasteiger partial charge >= 0.3 is 0 Å². The van der Waals surface area contributed by atoms with E-state index in [1.54, 1.807) is 31.3 Å². The number of nitrogens with zero attached hydrogens (tertiary/aromatic N) is 2. The molecule has 0 bridgehead atoms. The second-order valence-corrected chi connectivity index (χ2v) is 11.7. The molecule has 4 rings (SSSR count). The lowest BCUT2D eigenvalue weighted by Crippen LogP contribution is -2.28. The Bertz CT molecular complexity index is 1400. The van der Waals surface area contributed by atoms with Crippen molar-refractivity contribution in [2.45, 2.75) is 37.0 Å². The minimum absolute atomic E-state index is 0.0948. The van der Waals surface area contributed by atoms with Crippen LogP contribution >= 0.6 is 31.9 Å². The molecule has 2 heterocycles. The zero-order valence-corrected chi connectivity index (χ0v) is 21.4. The smallest absolute Gasteiger partial charge is 0.190 e. The fourth-order valence-corrected chi connectivity index (χ4v) is 6.61. The molecular formula is C23H20Br2N2O4S. The van der Waals surface area contributed by atoms with Gasteiger partial charge in [-0.3, -0.25) is 4.79 Å². The normalized spacial score (nSPS) is 12.9. The molecule has 0 aliphatic rings. The number of fused-ring (bicyclic) bond motifs is 1. The number of carbonyl (C=O) groups is 1. The molecule has 0 aliphatic heterocycles. The van der Waals surface area contributed by atoms with Crippen molar-refractivity contribution < 1.29 is 17.7 Å². The standard InChI is InChI=1S/C23H20Br2N2O4S/c1-14-7-19(26-31-14)11-22(28)15(2)32(29,30)23-13-27(21-6-4-3-5-20(21)23)12-16-8-17(24)10-18(25)9-16/h3-10,13,15H,11-12H2,1-2H3. The molecular weight excluding hydrogens is 560 g/mol. The summed E-state index contributed by atoms with van der Waals surface area (Å²) in [5, 5.41) is 3.19. The van der Waals surface area contributed by atoms with Crippen LogP contribution in [0.25, 0.3) is 10.9 Å². The van der Waals surface area contributed by atoms with Crippen LogP contribution in [0.5, 0.6) is 0 Å². The molecule has 9 heteroatoms. The number of hydrogen-bond acceptors (Lipinski definition) is 5. The Labute approximate surface area is 202 Å². The summed E-state index contributed by atoms with van der Waals surface area (Å²) in [5.41, 5.74) is 2.22. The Morgan fingerprint density at radius 2 is 1.81 bits per heavy atom. The SMILES string of the molecule is Cc1cc(CC(=O)C(C)S(=O)(=O)c2cn(Cc3cc(Br)cc(Br)c3)c3ccccc23)no1. The first-order valence-electron chi connectivity index (χ1n) is 9.87. The van der Waals surface area contributed by atoms with Gasteiger partial charge in [-0.25, -0.2) is 8.42 Å². The van der Waals surface area contributed by atoms with Crippen LogP contribution in [-0.4, -0.2) is 29.2 Å². The van der Waals surface area contributed by atoms with E-state index in [2.05, 4.69) is 37.0 Å². The van der Waals surface area contributed by atoms with Crippen molar-refractivity contribution in [2.75, 3.05) is 0 Å². The minimum Gasteiger partial charge on any atom is -0.361 e. The third-order valence-corrected chi connectivity index (χ3v) is 8.33. The molecule has 166 valence electrons. The first-order chi connectivity index (χ1) is 15.1. The highest BCUT2D eigenvalue weighted by atomic mass is 79.9. The molecule has 0 N–H and O–H groups in total. The number of aromatic nitrogens is 2. The molecule has 32 heavy (non-hydrogen) atoms. The highest BCUT2D eigenvalue weighted by Crippen LogP contribution is 2.30. The number of ketones is 1. The van der Waals surface area contributed by atoms with Crippen molar-refractivity contribution in [1.82, 2.24) is 9.72 Å². The number of carbonyl (C=O) groups excluding carboxylic acids is 1. The summed E-state index contributed by atoms with van der Waals surface area (Å²) >= 11 is 6.98. The zero-order valence-electron chi connectivity index (χ0n) is 17.4. The first kappa shape index (κ1) is 22.9. The van der Waals surface area contributed by atoms with Gasteiger partial charge in [0, 0.05) is 38.7 Å². The van der Waals surface area contributed by atoms with E-state index in [0.717, 1.165) is 20.0 Å². The molecule has 1 unspecified atom stereocenters. The van der Waals surface area contributed by atoms with Crippen LogP contribution in [0.2, 0.25) is 0 Å². The van der Waals surface area contributed by atoms with Gasteiger partial charge in [-0.2, -0.15) is 0 Å². The number of hydrogen-bond donors (Lipinski definition) is 0. The van der Waals surface area contributed by atoms with Gasteiger partial charge in [0.15, 0.2) is 15.6 Å². The molecule has 1 atom stereocenters. The number of aryl methyl sites for hydroxylation is 1. The largest absolute Gasteiger partial charge is 0.361 e. The summed E-state index contributed by atoms with van der Waals surface area (Å²) in [7, 11) is -3.91. The van der Waals surface area contributed by atoms with Gasteiger partial charge in [-0.1, -0.05) is 55.2 Å². The Hall–Kier alpha value is -2.23. The third-order valence-electron chi connectivity index (χ3n) is 5.28. The number of benzene rings is 2. The van der Waals surface area contributed by atoms with E-state index in [4.69, 9.17) is 4.52 Å². The van der Waals surface area contributed by atoms with E-state index in [0.29, 0.717) is 23.4 Å². The topological polar surface area (TPSA) is 82.2 Å². The maximum absolute atomic E-state index is 13.5. The predicted molar refractivity (Wildman–Crippen MR) is 129 cm³/mol. The molecule has 0 saturated carbocycles. The van der Waals surface area contributed by atoms with Gasteiger partial charge in [0.1, 0.15) is 11.0 Å². The van der Waals surface area contributed by atoms with Gasteiger partial charge < -0.3 is 9.09 Å². The van der Waals surface area contributed by atoms with E-state index >= 15 is 0 Å². The average Bonchev–Trinajstić information content (AvgIpc) is 3.30. The molecule has 2 aromatic heterocycles. The zero-order chi connectivity index (χ0) is 23.0. The average molecular weight is 580 g/mol. The summed E-state index contributed by atoms with van der Waals surface area (Å²) < 4.78 is 35.7. The number of rotatable bonds is 7. The van der Waals surface area contributed by atoms with Crippen LogP contribution in [0.1, 0.15) is 23.9 Å². The summed E-state index contributed by atoms with van der Waals surface area (Å²) in [5.74, 6) is 0.150. The number of para-hydroxylation sites is 1. The molecule has 2 aromatic carbocycles. The van der Waals surface area contributed by atoms with E-state index in [1.165, 1.54) is 6.92 Å². The second kappa shape index (κ2) is 8.96. The van der Waals surface area contributed by atoms with Gasteiger partial charge in [0.05, 0.1) is 17.0 Å². The van der Waals surface area contributed by atoms with Crippen LogP contribution in [0.15, 0.2) is 73.1 Å². The highest BCUT2D eigenvalue weighted by molar-refractivity contribution is 9.11. The Balaban J connectivity index is 1.71. The molecule has 6 nitrogen and oxygen atoms in total. The van der Waals surface area contributed by atoms with Crippen LogP contribution in [0, 0.1) is 6.92 Å². The fraction of sp³-hybridized carbons (Fsp3) is 0.217. The van der Waals surface area contributed by atoms with E-state index in [9.17, 15) is 13.2 Å². The summed E-state index contributed by atoms with van der Waals surface area (Å²) in [6, 6.07) is 14.9. The van der Waals surface area contributed by atoms with Crippen molar-refractivity contribution in [3.8, 4) is 0 Å². The summed E-state index contributed by atoms with van der Waals surface area (Å²) in [4.78, 5) is 12.9. The summed E-state index contributed by atoms with van der Waals surface area (Å²) in [6.45, 7) is 3.64. The van der Waals surface area contributed by atoms with Gasteiger partial charge in [-0.05, 0) is 43.7 Å². The van der Waals surface area contributed by atoms with Crippen molar-refractivity contribution >= 4 is 58.4 Å². The monoisotopic (exact) mass is 578 g/mol. The van der Waals surface area contributed by atoms with Crippen molar-refractivity contribution in [2.24, 2.45) is 0 Å². The Morgan fingerprint density at radius 3 is 2.47 bits per heavy atom. The van der Waals surface area contributed by atoms with Crippen LogP contribution in [0.3, 0.4) is 0 Å². The molecule has 0 radical (unpaired) electrons. The van der Waals surface area contributed by atoms with Gasteiger partial charge in [-0.15, -0.1) is 0 Å². The van der Waals surface area contributed by atoms with E-state index in [1.807, 2.05) is 34.9 Å². The van der Waals surface area contributed by atoms with Gasteiger partial charge in [0.2, 0.25) is 0 Å². The molecule has 4 aromatic rings. The van der Waals surface area contributed by atoms with Gasteiger partial charge in [0.25, 0.3) is 0 Å². The lowest BCUT2D eigenvalue weighted by Gasteiger charge is -2.10. The second-order valence-electron chi connectivity index (χ2n) is 7.68. The minimum atomic E-state index is -3.91. The maximum atomic E-state index is 13.5. The van der Waals surface area contributed by atoms with Crippen molar-refractivity contribution in [3.05, 3.63) is 80.7 Å². The molecule has 0 spiro atoms. The Morgan fingerprint density at radius 1 is 1.12 bits per heavy atom. The molecule has 0 saturated heterocycles. The van der Waals surface area contributed by atoms with E-state index in [-0.39, 0.29) is 11.3 Å². The molecule has 0 amide bonds. The van der Waals surface area contributed by atoms with Crippen LogP contribution in [-0.2, 0) is 27.6 Å². The maximum Gasteiger partial charge on any atom is 0.190 e. The predicted octanol–water partition coefficient (Wildman–Crippen LogP) is 5.49. The number of Topliss-reactive ketones (excluding diaryl/α,β-unsaturated/α-hetero) is 1. The first-order valence-corrected chi connectivity index (χ1v) is 13.0. The molecule has 0 aliphatic carbocycles. The summed E-state index contributed by atoms with van der Waals surface area (Å²) in [6.07, 6.45) is 1.53. The molecule has 0 fully saturated rings. The third kappa shape index (κ3) is 4.60.